The number of rotatable bonds is 7. The fourth-order valence-electron chi connectivity index (χ4n) is 3.50. The molecule has 17 heavy (non-hydrogen) atoms. The Labute approximate surface area is 108 Å². The smallest absolute Gasteiger partial charge is 0.0202 e. The summed E-state index contributed by atoms with van der Waals surface area (Å²) >= 11 is 0. The first-order valence-corrected chi connectivity index (χ1v) is 8.09. The van der Waals surface area contributed by atoms with Crippen molar-refractivity contribution in [2.45, 2.75) is 84.0 Å². The minimum Gasteiger partial charge on any atom is -0.0819 e. The number of allylic oxidation sites excluding steroid dienone is 2. The van der Waals surface area contributed by atoms with Crippen LogP contribution in [0.3, 0.4) is 0 Å². The zero-order chi connectivity index (χ0) is 11.9. The number of hydrogen-bond acceptors (Lipinski definition) is 0. The molecule has 0 aromatic carbocycles. The monoisotopic (exact) mass is 234 g/mol. The molecule has 0 spiro atoms. The van der Waals surface area contributed by atoms with Crippen LogP contribution in [0.2, 0.25) is 0 Å². The summed E-state index contributed by atoms with van der Waals surface area (Å²) in [5, 5.41) is 0. The molecule has 0 aromatic heterocycles. The molecule has 1 atom stereocenters. The zero-order valence-corrected chi connectivity index (χ0v) is 11.7. The van der Waals surface area contributed by atoms with Gasteiger partial charge in [-0.25, -0.2) is 0 Å². The van der Waals surface area contributed by atoms with E-state index in [4.69, 9.17) is 0 Å². The molecule has 0 N–H and O–H groups in total. The Kier molecular flexibility index (Phi) is 5.61. The van der Waals surface area contributed by atoms with Gasteiger partial charge in [0, 0.05) is 0 Å². The molecule has 0 heteroatoms. The molecular formula is C17H30. The average Bonchev–Trinajstić information content (AvgIpc) is 2.79. The molecule has 0 nitrogen and oxygen atoms in total. The largest absolute Gasteiger partial charge is 0.0819 e. The fraction of sp³-hybridized carbons (Fsp3) is 0.882. The molecule has 1 unspecified atom stereocenters. The Morgan fingerprint density at radius 2 is 1.82 bits per heavy atom. The van der Waals surface area contributed by atoms with E-state index in [-0.39, 0.29) is 0 Å². The second-order valence-electron chi connectivity index (χ2n) is 6.24. The lowest BCUT2D eigenvalue weighted by molar-refractivity contribution is 0.364. The SMILES string of the molecule is CCCCCCC(C=C1CCC1)C1CCCC1. The molecule has 2 aliphatic carbocycles. The van der Waals surface area contributed by atoms with Crippen molar-refractivity contribution in [1.29, 1.82) is 0 Å². The van der Waals surface area contributed by atoms with Crippen LogP contribution in [0.15, 0.2) is 11.6 Å². The van der Waals surface area contributed by atoms with Gasteiger partial charge in [0.25, 0.3) is 0 Å². The Balaban J connectivity index is 1.78. The summed E-state index contributed by atoms with van der Waals surface area (Å²) in [6.45, 7) is 2.31. The molecule has 0 saturated heterocycles. The lowest BCUT2D eigenvalue weighted by atomic mass is 9.81. The summed E-state index contributed by atoms with van der Waals surface area (Å²) in [6, 6.07) is 0. The predicted octanol–water partition coefficient (Wildman–Crippen LogP) is 5.87. The van der Waals surface area contributed by atoms with Gasteiger partial charge in [-0.2, -0.15) is 0 Å². The Bertz CT molecular complexity index is 226. The molecule has 2 fully saturated rings. The van der Waals surface area contributed by atoms with Crippen LogP contribution in [0.25, 0.3) is 0 Å². The normalized spacial score (nSPS) is 22.5. The Morgan fingerprint density at radius 1 is 1.06 bits per heavy atom. The third kappa shape index (κ3) is 4.16. The minimum atomic E-state index is 0.949. The summed E-state index contributed by atoms with van der Waals surface area (Å²) in [6.07, 6.45) is 20.2. The second-order valence-corrected chi connectivity index (χ2v) is 6.24. The highest BCUT2D eigenvalue weighted by atomic mass is 14.3. The van der Waals surface area contributed by atoms with Gasteiger partial charge in [0.05, 0.1) is 0 Å². The average molecular weight is 234 g/mol. The van der Waals surface area contributed by atoms with E-state index >= 15 is 0 Å². The van der Waals surface area contributed by atoms with E-state index in [2.05, 4.69) is 13.0 Å². The van der Waals surface area contributed by atoms with Gasteiger partial charge in [0.15, 0.2) is 0 Å². The van der Waals surface area contributed by atoms with Crippen molar-refractivity contribution >= 4 is 0 Å². The predicted molar refractivity (Wildman–Crippen MR) is 76.1 cm³/mol. The van der Waals surface area contributed by atoms with Gasteiger partial charge in [-0.05, 0) is 50.4 Å². The highest BCUT2D eigenvalue weighted by molar-refractivity contribution is 5.12. The minimum absolute atomic E-state index is 0.949. The molecule has 2 rings (SSSR count). The fourth-order valence-corrected chi connectivity index (χ4v) is 3.50. The third-order valence-electron chi connectivity index (χ3n) is 4.84. The van der Waals surface area contributed by atoms with Gasteiger partial charge in [0.1, 0.15) is 0 Å². The first-order valence-electron chi connectivity index (χ1n) is 8.09. The first kappa shape index (κ1) is 13.2. The van der Waals surface area contributed by atoms with Gasteiger partial charge in [0.2, 0.25) is 0 Å². The summed E-state index contributed by atoms with van der Waals surface area (Å²) in [7, 11) is 0. The quantitative estimate of drug-likeness (QED) is 0.381. The Hall–Kier alpha value is -0.260. The van der Waals surface area contributed by atoms with Crippen LogP contribution in [-0.2, 0) is 0 Å². The zero-order valence-electron chi connectivity index (χ0n) is 11.7. The molecule has 0 aromatic rings. The van der Waals surface area contributed by atoms with Crippen molar-refractivity contribution in [2.75, 3.05) is 0 Å². The second kappa shape index (κ2) is 7.24. The molecule has 0 amide bonds. The molecule has 98 valence electrons. The van der Waals surface area contributed by atoms with Gasteiger partial charge >= 0.3 is 0 Å². The maximum absolute atomic E-state index is 2.70. The van der Waals surface area contributed by atoms with Crippen LogP contribution in [-0.4, -0.2) is 0 Å². The van der Waals surface area contributed by atoms with E-state index in [1.54, 1.807) is 5.57 Å². The van der Waals surface area contributed by atoms with Crippen LogP contribution in [0, 0.1) is 11.8 Å². The van der Waals surface area contributed by atoms with E-state index in [9.17, 15) is 0 Å². The maximum atomic E-state index is 2.70. The lowest BCUT2D eigenvalue weighted by Gasteiger charge is -2.25. The molecule has 2 aliphatic rings. The summed E-state index contributed by atoms with van der Waals surface area (Å²) in [4.78, 5) is 0. The van der Waals surface area contributed by atoms with E-state index in [0.717, 1.165) is 11.8 Å². The molecule has 0 heterocycles. The topological polar surface area (TPSA) is 0 Å². The highest BCUT2D eigenvalue weighted by Gasteiger charge is 2.24. The van der Waals surface area contributed by atoms with Crippen LogP contribution in [0.1, 0.15) is 84.0 Å². The van der Waals surface area contributed by atoms with Gasteiger partial charge in [-0.1, -0.05) is 57.1 Å². The summed E-state index contributed by atoms with van der Waals surface area (Å²) in [5.41, 5.74) is 1.79. The standard InChI is InChI=1S/C17H30/c1-2-3-4-5-13-17(14-15-9-8-10-15)16-11-6-7-12-16/h14,16-17H,2-13H2,1H3. The Morgan fingerprint density at radius 3 is 2.41 bits per heavy atom. The van der Waals surface area contributed by atoms with E-state index < -0.39 is 0 Å². The summed E-state index contributed by atoms with van der Waals surface area (Å²) in [5.74, 6) is 1.99. The van der Waals surface area contributed by atoms with E-state index in [1.165, 1.54) is 77.0 Å². The van der Waals surface area contributed by atoms with Crippen molar-refractivity contribution in [3.63, 3.8) is 0 Å². The highest BCUT2D eigenvalue weighted by Crippen LogP contribution is 2.37. The van der Waals surface area contributed by atoms with Gasteiger partial charge < -0.3 is 0 Å². The van der Waals surface area contributed by atoms with Crippen molar-refractivity contribution in [3.8, 4) is 0 Å². The number of hydrogen-bond donors (Lipinski definition) is 0. The maximum Gasteiger partial charge on any atom is -0.0202 e. The third-order valence-corrected chi connectivity index (χ3v) is 4.84. The van der Waals surface area contributed by atoms with Gasteiger partial charge in [-0.15, -0.1) is 0 Å². The van der Waals surface area contributed by atoms with Crippen LogP contribution in [0.5, 0.6) is 0 Å². The van der Waals surface area contributed by atoms with Crippen LogP contribution >= 0.6 is 0 Å². The van der Waals surface area contributed by atoms with E-state index in [0.29, 0.717) is 0 Å². The van der Waals surface area contributed by atoms with E-state index in [1.807, 2.05) is 0 Å². The molecule has 0 radical (unpaired) electrons. The van der Waals surface area contributed by atoms with Crippen molar-refractivity contribution in [3.05, 3.63) is 11.6 Å². The molecule has 2 saturated carbocycles. The lowest BCUT2D eigenvalue weighted by Crippen LogP contribution is -2.12. The van der Waals surface area contributed by atoms with Crippen LogP contribution < -0.4 is 0 Å². The van der Waals surface area contributed by atoms with Crippen molar-refractivity contribution < 1.29 is 0 Å². The molecule has 0 aliphatic heterocycles. The van der Waals surface area contributed by atoms with Crippen molar-refractivity contribution in [2.24, 2.45) is 11.8 Å². The molecular weight excluding hydrogens is 204 g/mol. The molecule has 0 bridgehead atoms. The van der Waals surface area contributed by atoms with Gasteiger partial charge in [-0.3, -0.25) is 0 Å². The number of unbranched alkanes of at least 4 members (excludes halogenated alkanes) is 3. The van der Waals surface area contributed by atoms with Crippen LogP contribution in [0.4, 0.5) is 0 Å². The summed E-state index contributed by atoms with van der Waals surface area (Å²) < 4.78 is 0. The van der Waals surface area contributed by atoms with Crippen molar-refractivity contribution in [1.82, 2.24) is 0 Å². The first-order chi connectivity index (χ1) is 8.40.